The highest BCUT2D eigenvalue weighted by molar-refractivity contribution is 5.94. The third kappa shape index (κ3) is 3.35. The van der Waals surface area contributed by atoms with E-state index in [0.29, 0.717) is 24.2 Å². The van der Waals surface area contributed by atoms with E-state index >= 15 is 0 Å². The Morgan fingerprint density at radius 3 is 3.05 bits per heavy atom. The number of rotatable bonds is 4. The predicted octanol–water partition coefficient (Wildman–Crippen LogP) is 1.82. The molecule has 1 saturated heterocycles. The highest BCUT2D eigenvalue weighted by Gasteiger charge is 2.24. The third-order valence-electron chi connectivity index (χ3n) is 3.66. The molecule has 110 valence electrons. The molecule has 1 aliphatic rings. The van der Waals surface area contributed by atoms with Gasteiger partial charge in [0.15, 0.2) is 0 Å². The number of hydrogen-bond donors (Lipinski definition) is 1. The van der Waals surface area contributed by atoms with Crippen LogP contribution in [0.15, 0.2) is 18.2 Å². The molecule has 0 bridgehead atoms. The molecule has 2 rings (SSSR count). The zero-order valence-corrected chi connectivity index (χ0v) is 11.6. The predicted molar refractivity (Wildman–Crippen MR) is 72.8 cm³/mol. The SMILES string of the molecule is COCc1cc(C(=O)N2CCCC(CO)C2)ccc1F. The Hall–Kier alpha value is -1.46. The summed E-state index contributed by atoms with van der Waals surface area (Å²) in [6, 6.07) is 4.35. The minimum absolute atomic E-state index is 0.0993. The second kappa shape index (κ2) is 6.81. The minimum atomic E-state index is -0.365. The number of halogens is 1. The first-order valence-corrected chi connectivity index (χ1v) is 6.83. The van der Waals surface area contributed by atoms with Crippen molar-refractivity contribution in [1.82, 2.24) is 4.90 Å². The van der Waals surface area contributed by atoms with Crippen molar-refractivity contribution in [2.24, 2.45) is 5.92 Å². The van der Waals surface area contributed by atoms with Crippen molar-refractivity contribution in [3.8, 4) is 0 Å². The second-order valence-electron chi connectivity index (χ2n) is 5.18. The van der Waals surface area contributed by atoms with Gasteiger partial charge in [0, 0.05) is 37.9 Å². The van der Waals surface area contributed by atoms with Gasteiger partial charge >= 0.3 is 0 Å². The summed E-state index contributed by atoms with van der Waals surface area (Å²) < 4.78 is 18.5. The van der Waals surface area contributed by atoms with Gasteiger partial charge in [-0.1, -0.05) is 0 Å². The molecule has 0 aromatic heterocycles. The summed E-state index contributed by atoms with van der Waals surface area (Å²) >= 11 is 0. The van der Waals surface area contributed by atoms with Crippen molar-refractivity contribution in [1.29, 1.82) is 0 Å². The van der Waals surface area contributed by atoms with Gasteiger partial charge < -0.3 is 14.7 Å². The van der Waals surface area contributed by atoms with Crippen LogP contribution in [0.2, 0.25) is 0 Å². The van der Waals surface area contributed by atoms with Crippen molar-refractivity contribution in [2.45, 2.75) is 19.4 Å². The lowest BCUT2D eigenvalue weighted by Gasteiger charge is -2.32. The second-order valence-corrected chi connectivity index (χ2v) is 5.18. The average molecular weight is 281 g/mol. The van der Waals surface area contributed by atoms with Gasteiger partial charge in [0.25, 0.3) is 5.91 Å². The summed E-state index contributed by atoms with van der Waals surface area (Å²) in [7, 11) is 1.49. The zero-order chi connectivity index (χ0) is 14.5. The number of hydrogen-bond acceptors (Lipinski definition) is 3. The summed E-state index contributed by atoms with van der Waals surface area (Å²) in [4.78, 5) is 14.1. The normalized spacial score (nSPS) is 19.1. The molecule has 5 heteroatoms. The number of amides is 1. The Balaban J connectivity index is 2.14. The minimum Gasteiger partial charge on any atom is -0.396 e. The van der Waals surface area contributed by atoms with E-state index in [1.807, 2.05) is 0 Å². The molecule has 1 heterocycles. The van der Waals surface area contributed by atoms with E-state index in [1.54, 1.807) is 11.0 Å². The van der Waals surface area contributed by atoms with Crippen LogP contribution < -0.4 is 0 Å². The number of aliphatic hydroxyl groups excluding tert-OH is 1. The number of methoxy groups -OCH3 is 1. The van der Waals surface area contributed by atoms with Gasteiger partial charge in [0.1, 0.15) is 5.82 Å². The molecule has 0 aliphatic carbocycles. The molecule has 1 atom stereocenters. The van der Waals surface area contributed by atoms with Crippen molar-refractivity contribution in [3.05, 3.63) is 35.1 Å². The summed E-state index contributed by atoms with van der Waals surface area (Å²) in [5.74, 6) is -0.331. The van der Waals surface area contributed by atoms with E-state index in [2.05, 4.69) is 0 Å². The number of ether oxygens (including phenoxy) is 1. The molecule has 1 amide bonds. The number of benzene rings is 1. The van der Waals surface area contributed by atoms with E-state index < -0.39 is 0 Å². The number of nitrogens with zero attached hydrogens (tertiary/aromatic N) is 1. The van der Waals surface area contributed by atoms with Crippen LogP contribution in [0.3, 0.4) is 0 Å². The number of piperidine rings is 1. The fourth-order valence-corrected chi connectivity index (χ4v) is 2.56. The van der Waals surface area contributed by atoms with Gasteiger partial charge in [-0.15, -0.1) is 0 Å². The van der Waals surface area contributed by atoms with Gasteiger partial charge in [-0.25, -0.2) is 4.39 Å². The lowest BCUT2D eigenvalue weighted by atomic mass is 9.98. The monoisotopic (exact) mass is 281 g/mol. The first-order chi connectivity index (χ1) is 9.65. The van der Waals surface area contributed by atoms with Crippen LogP contribution in [0, 0.1) is 11.7 Å². The highest BCUT2D eigenvalue weighted by Crippen LogP contribution is 2.19. The van der Waals surface area contributed by atoms with Crippen LogP contribution in [-0.4, -0.2) is 42.7 Å². The lowest BCUT2D eigenvalue weighted by Crippen LogP contribution is -2.41. The Morgan fingerprint density at radius 2 is 2.35 bits per heavy atom. The van der Waals surface area contributed by atoms with E-state index in [9.17, 15) is 14.3 Å². The summed E-state index contributed by atoms with van der Waals surface area (Å²) in [5, 5.41) is 9.21. The number of carbonyl (C=O) groups is 1. The highest BCUT2D eigenvalue weighted by atomic mass is 19.1. The molecule has 1 aromatic carbocycles. The van der Waals surface area contributed by atoms with Gasteiger partial charge in [0.05, 0.1) is 6.61 Å². The number of carbonyl (C=O) groups excluding carboxylic acids is 1. The maximum Gasteiger partial charge on any atom is 0.253 e. The maximum absolute atomic E-state index is 13.5. The molecule has 1 N–H and O–H groups in total. The molecule has 0 saturated carbocycles. The van der Waals surface area contributed by atoms with Crippen LogP contribution in [0.5, 0.6) is 0 Å². The standard InChI is InChI=1S/C15H20FNO3/c1-20-10-13-7-12(4-5-14(13)16)15(19)17-6-2-3-11(8-17)9-18/h4-5,7,11,18H,2-3,6,8-10H2,1H3. The lowest BCUT2D eigenvalue weighted by molar-refractivity contribution is 0.0620. The number of aliphatic hydroxyl groups is 1. The molecular formula is C15H20FNO3. The summed E-state index contributed by atoms with van der Waals surface area (Å²) in [6.45, 7) is 1.49. The Kier molecular flexibility index (Phi) is 5.09. The fourth-order valence-electron chi connectivity index (χ4n) is 2.56. The topological polar surface area (TPSA) is 49.8 Å². The molecule has 20 heavy (non-hydrogen) atoms. The van der Waals surface area contributed by atoms with E-state index in [1.165, 1.54) is 19.2 Å². The first-order valence-electron chi connectivity index (χ1n) is 6.83. The average Bonchev–Trinajstić information content (AvgIpc) is 2.49. The molecule has 1 fully saturated rings. The van der Waals surface area contributed by atoms with Gasteiger partial charge in [-0.05, 0) is 37.0 Å². The van der Waals surface area contributed by atoms with Gasteiger partial charge in [-0.3, -0.25) is 4.79 Å². The molecule has 4 nitrogen and oxygen atoms in total. The fraction of sp³-hybridized carbons (Fsp3) is 0.533. The van der Waals surface area contributed by atoms with E-state index in [0.717, 1.165) is 12.8 Å². The summed E-state index contributed by atoms with van der Waals surface area (Å²) in [6.07, 6.45) is 1.84. The van der Waals surface area contributed by atoms with Crippen LogP contribution in [0.1, 0.15) is 28.8 Å². The Bertz CT molecular complexity index is 478. The van der Waals surface area contributed by atoms with Crippen LogP contribution in [-0.2, 0) is 11.3 Å². The zero-order valence-electron chi connectivity index (χ0n) is 11.6. The molecular weight excluding hydrogens is 261 g/mol. The molecule has 1 aliphatic heterocycles. The van der Waals surface area contributed by atoms with Gasteiger partial charge in [-0.2, -0.15) is 0 Å². The summed E-state index contributed by atoms with van der Waals surface area (Å²) in [5.41, 5.74) is 0.853. The van der Waals surface area contributed by atoms with Crippen LogP contribution in [0.4, 0.5) is 4.39 Å². The van der Waals surface area contributed by atoms with Crippen molar-refractivity contribution in [2.75, 3.05) is 26.8 Å². The smallest absolute Gasteiger partial charge is 0.253 e. The molecule has 1 unspecified atom stereocenters. The largest absolute Gasteiger partial charge is 0.396 e. The molecule has 1 aromatic rings. The van der Waals surface area contributed by atoms with Gasteiger partial charge in [0.2, 0.25) is 0 Å². The third-order valence-corrected chi connectivity index (χ3v) is 3.66. The van der Waals surface area contributed by atoms with Crippen LogP contribution in [0.25, 0.3) is 0 Å². The molecule has 0 spiro atoms. The van der Waals surface area contributed by atoms with Crippen molar-refractivity contribution >= 4 is 5.91 Å². The quantitative estimate of drug-likeness (QED) is 0.916. The maximum atomic E-state index is 13.5. The van der Waals surface area contributed by atoms with Crippen LogP contribution >= 0.6 is 0 Å². The molecule has 0 radical (unpaired) electrons. The Morgan fingerprint density at radius 1 is 1.55 bits per heavy atom. The Labute approximate surface area is 118 Å². The van der Waals surface area contributed by atoms with E-state index in [-0.39, 0.29) is 30.9 Å². The van der Waals surface area contributed by atoms with E-state index in [4.69, 9.17) is 4.74 Å². The number of likely N-dealkylation sites (tertiary alicyclic amines) is 1. The van der Waals surface area contributed by atoms with Crippen molar-refractivity contribution < 1.29 is 19.0 Å². The first kappa shape index (κ1) is 14.9. The van der Waals surface area contributed by atoms with Crippen molar-refractivity contribution in [3.63, 3.8) is 0 Å².